The zero-order valence-electron chi connectivity index (χ0n) is 4.87. The SMILES string of the molecule is CN1C=CCC=C1.I. The Morgan fingerprint density at radius 2 is 1.75 bits per heavy atom. The molecule has 1 aliphatic rings. The Hall–Kier alpha value is 0.01000. The molecular weight excluding hydrogens is 213 g/mol. The van der Waals surface area contributed by atoms with Crippen LogP contribution in [0.25, 0.3) is 0 Å². The van der Waals surface area contributed by atoms with Crippen molar-refractivity contribution in [3.05, 3.63) is 24.6 Å². The maximum atomic E-state index is 2.12. The van der Waals surface area contributed by atoms with Crippen LogP contribution in [0, 0.1) is 0 Å². The van der Waals surface area contributed by atoms with Gasteiger partial charge >= 0.3 is 0 Å². The quantitative estimate of drug-likeness (QED) is 0.567. The molecule has 0 fully saturated rings. The lowest BCUT2D eigenvalue weighted by atomic mass is 10.3. The Morgan fingerprint density at radius 1 is 1.25 bits per heavy atom. The molecule has 0 aromatic heterocycles. The van der Waals surface area contributed by atoms with Crippen molar-refractivity contribution < 1.29 is 0 Å². The fraction of sp³-hybridized carbons (Fsp3) is 0.333. The van der Waals surface area contributed by atoms with E-state index < -0.39 is 0 Å². The van der Waals surface area contributed by atoms with Crippen LogP contribution < -0.4 is 0 Å². The first-order valence-corrected chi connectivity index (χ1v) is 2.45. The molecule has 0 spiro atoms. The lowest BCUT2D eigenvalue weighted by Crippen LogP contribution is -2.01. The van der Waals surface area contributed by atoms with Crippen molar-refractivity contribution >= 4 is 24.0 Å². The van der Waals surface area contributed by atoms with Crippen molar-refractivity contribution in [3.63, 3.8) is 0 Å². The van der Waals surface area contributed by atoms with Crippen LogP contribution in [-0.2, 0) is 0 Å². The molecule has 1 nitrogen and oxygen atoms in total. The second-order valence-electron chi connectivity index (χ2n) is 1.67. The molecular formula is C6H10IN. The van der Waals surface area contributed by atoms with E-state index in [1.807, 2.05) is 11.9 Å². The molecule has 46 valence electrons. The van der Waals surface area contributed by atoms with Gasteiger partial charge < -0.3 is 4.90 Å². The van der Waals surface area contributed by atoms with E-state index in [2.05, 4.69) is 24.6 Å². The van der Waals surface area contributed by atoms with Crippen LogP contribution in [-0.4, -0.2) is 11.9 Å². The predicted molar refractivity (Wildman–Crippen MR) is 46.1 cm³/mol. The van der Waals surface area contributed by atoms with Crippen molar-refractivity contribution in [1.82, 2.24) is 4.90 Å². The first kappa shape index (κ1) is 8.01. The van der Waals surface area contributed by atoms with Crippen LogP contribution >= 0.6 is 24.0 Å². The van der Waals surface area contributed by atoms with Crippen molar-refractivity contribution in [2.75, 3.05) is 7.05 Å². The van der Waals surface area contributed by atoms with Gasteiger partial charge in [-0.2, -0.15) is 0 Å². The predicted octanol–water partition coefficient (Wildman–Crippen LogP) is 1.97. The van der Waals surface area contributed by atoms with Gasteiger partial charge in [0.15, 0.2) is 0 Å². The summed E-state index contributed by atoms with van der Waals surface area (Å²) in [7, 11) is 2.02. The Balaban J connectivity index is 0.000000490. The maximum absolute atomic E-state index is 2.12. The van der Waals surface area contributed by atoms with Gasteiger partial charge in [-0.05, 0) is 18.8 Å². The molecule has 0 atom stereocenters. The standard InChI is InChI=1S/C6H9N.HI/c1-7-5-3-2-4-6-7;/h3-6H,2H2,1H3;1H. The summed E-state index contributed by atoms with van der Waals surface area (Å²) < 4.78 is 0. The minimum Gasteiger partial charge on any atom is -0.358 e. The summed E-state index contributed by atoms with van der Waals surface area (Å²) in [5.41, 5.74) is 0. The van der Waals surface area contributed by atoms with Gasteiger partial charge in [-0.3, -0.25) is 0 Å². The first-order valence-electron chi connectivity index (χ1n) is 2.45. The Kier molecular flexibility index (Phi) is 3.95. The van der Waals surface area contributed by atoms with E-state index in [1.165, 1.54) is 0 Å². The lowest BCUT2D eigenvalue weighted by Gasteiger charge is -2.08. The molecule has 0 saturated heterocycles. The number of allylic oxidation sites excluding steroid dienone is 2. The minimum atomic E-state index is 0. The van der Waals surface area contributed by atoms with Crippen LogP contribution in [0.1, 0.15) is 6.42 Å². The van der Waals surface area contributed by atoms with Gasteiger partial charge in [0.2, 0.25) is 0 Å². The van der Waals surface area contributed by atoms with Crippen LogP contribution in [0.3, 0.4) is 0 Å². The summed E-state index contributed by atoms with van der Waals surface area (Å²) in [6.07, 6.45) is 9.45. The molecule has 0 amide bonds. The zero-order chi connectivity index (χ0) is 5.11. The van der Waals surface area contributed by atoms with Gasteiger partial charge in [-0.25, -0.2) is 0 Å². The van der Waals surface area contributed by atoms with E-state index in [0.717, 1.165) is 6.42 Å². The van der Waals surface area contributed by atoms with Crippen molar-refractivity contribution in [2.45, 2.75) is 6.42 Å². The van der Waals surface area contributed by atoms with Crippen LogP contribution in [0.15, 0.2) is 24.6 Å². The molecule has 0 radical (unpaired) electrons. The lowest BCUT2D eigenvalue weighted by molar-refractivity contribution is 0.612. The Bertz CT molecular complexity index is 95.1. The fourth-order valence-corrected chi connectivity index (χ4v) is 0.583. The highest BCUT2D eigenvalue weighted by Gasteiger charge is 1.84. The normalized spacial score (nSPS) is 15.9. The van der Waals surface area contributed by atoms with Gasteiger partial charge in [0.25, 0.3) is 0 Å². The molecule has 0 N–H and O–H groups in total. The molecule has 0 aromatic rings. The molecule has 0 bridgehead atoms. The largest absolute Gasteiger partial charge is 0.358 e. The van der Waals surface area contributed by atoms with E-state index >= 15 is 0 Å². The van der Waals surface area contributed by atoms with Crippen molar-refractivity contribution in [2.24, 2.45) is 0 Å². The highest BCUT2D eigenvalue weighted by Crippen LogP contribution is 1.97. The molecule has 8 heavy (non-hydrogen) atoms. The smallest absolute Gasteiger partial charge is 0.0106 e. The van der Waals surface area contributed by atoms with E-state index in [-0.39, 0.29) is 24.0 Å². The van der Waals surface area contributed by atoms with E-state index in [1.54, 1.807) is 0 Å². The molecule has 0 aromatic carbocycles. The molecule has 1 heterocycles. The zero-order valence-corrected chi connectivity index (χ0v) is 7.20. The summed E-state index contributed by atoms with van der Waals surface area (Å²) >= 11 is 0. The van der Waals surface area contributed by atoms with Crippen LogP contribution in [0.2, 0.25) is 0 Å². The summed E-state index contributed by atoms with van der Waals surface area (Å²) in [4.78, 5) is 2.03. The highest BCUT2D eigenvalue weighted by atomic mass is 127. The Morgan fingerprint density at radius 3 is 2.00 bits per heavy atom. The third-order valence-corrected chi connectivity index (χ3v) is 0.953. The summed E-state index contributed by atoms with van der Waals surface area (Å²) in [6.45, 7) is 0. The van der Waals surface area contributed by atoms with Gasteiger partial charge in [0, 0.05) is 7.05 Å². The van der Waals surface area contributed by atoms with E-state index in [0.29, 0.717) is 0 Å². The minimum absolute atomic E-state index is 0. The molecule has 1 aliphatic heterocycles. The highest BCUT2D eigenvalue weighted by molar-refractivity contribution is 14.0. The number of hydrogen-bond acceptors (Lipinski definition) is 1. The number of halogens is 1. The Labute approximate surface area is 67.1 Å². The summed E-state index contributed by atoms with van der Waals surface area (Å²) in [6, 6.07) is 0. The third kappa shape index (κ3) is 2.35. The van der Waals surface area contributed by atoms with E-state index in [9.17, 15) is 0 Å². The molecule has 1 rings (SSSR count). The fourth-order valence-electron chi connectivity index (χ4n) is 0.583. The van der Waals surface area contributed by atoms with Gasteiger partial charge in [-0.1, -0.05) is 12.2 Å². The van der Waals surface area contributed by atoms with Gasteiger partial charge in [0.05, 0.1) is 0 Å². The van der Waals surface area contributed by atoms with Crippen molar-refractivity contribution in [3.8, 4) is 0 Å². The van der Waals surface area contributed by atoms with Crippen LogP contribution in [0.5, 0.6) is 0 Å². The van der Waals surface area contributed by atoms with Crippen LogP contribution in [0.4, 0.5) is 0 Å². The number of nitrogens with zero attached hydrogens (tertiary/aromatic N) is 1. The monoisotopic (exact) mass is 223 g/mol. The number of hydrogen-bond donors (Lipinski definition) is 0. The second kappa shape index (κ2) is 3.95. The first-order chi connectivity index (χ1) is 3.39. The van der Waals surface area contributed by atoms with Crippen molar-refractivity contribution in [1.29, 1.82) is 0 Å². The average Bonchev–Trinajstić information content (AvgIpc) is 1.69. The second-order valence-corrected chi connectivity index (χ2v) is 1.67. The third-order valence-electron chi connectivity index (χ3n) is 0.953. The van der Waals surface area contributed by atoms with Gasteiger partial charge in [0.1, 0.15) is 0 Å². The topological polar surface area (TPSA) is 3.24 Å². The molecule has 0 unspecified atom stereocenters. The number of rotatable bonds is 0. The molecule has 0 saturated carbocycles. The molecule has 2 heteroatoms. The molecule has 0 aliphatic carbocycles. The van der Waals surface area contributed by atoms with E-state index in [4.69, 9.17) is 0 Å². The summed E-state index contributed by atoms with van der Waals surface area (Å²) in [5, 5.41) is 0. The maximum Gasteiger partial charge on any atom is 0.0106 e. The average molecular weight is 223 g/mol. The van der Waals surface area contributed by atoms with Gasteiger partial charge in [-0.15, -0.1) is 24.0 Å². The summed E-state index contributed by atoms with van der Waals surface area (Å²) in [5.74, 6) is 0.